The second-order valence-corrected chi connectivity index (χ2v) is 5.94. The summed E-state index contributed by atoms with van der Waals surface area (Å²) in [6.45, 7) is 0. The summed E-state index contributed by atoms with van der Waals surface area (Å²) in [4.78, 5) is 12.1. The number of benzene rings is 2. The number of rotatable bonds is 5. The maximum absolute atomic E-state index is 12.9. The lowest BCUT2D eigenvalue weighted by Gasteiger charge is -2.09. The van der Waals surface area contributed by atoms with Gasteiger partial charge in [-0.3, -0.25) is 25.3 Å². The number of aromatic nitrogens is 3. The first kappa shape index (κ1) is 17.1. The van der Waals surface area contributed by atoms with Crippen LogP contribution in [0.15, 0.2) is 48.5 Å². The Bertz CT molecular complexity index is 936. The van der Waals surface area contributed by atoms with Crippen molar-refractivity contribution in [1.82, 2.24) is 20.2 Å². The van der Waals surface area contributed by atoms with E-state index in [2.05, 4.69) is 21.0 Å². The third-order valence-corrected chi connectivity index (χ3v) is 3.86. The lowest BCUT2D eigenvalue weighted by molar-refractivity contribution is -0.120. The van der Waals surface area contributed by atoms with Crippen molar-refractivity contribution < 1.29 is 9.18 Å². The number of anilines is 1. The largest absolute Gasteiger partial charge is 0.299 e. The molecule has 3 rings (SSSR count). The Balaban J connectivity index is 1.70. The second-order valence-electron chi connectivity index (χ2n) is 5.11. The van der Waals surface area contributed by atoms with Gasteiger partial charge in [0.1, 0.15) is 11.6 Å². The van der Waals surface area contributed by atoms with Gasteiger partial charge in [0.2, 0.25) is 5.91 Å². The molecule has 3 aromatic rings. The number of carbonyl (C=O) groups is 1. The number of carbonyl (C=O) groups excluding carboxylic acids is 1. The number of hydrogen-bond donors (Lipinski definition) is 3. The van der Waals surface area contributed by atoms with Crippen LogP contribution in [0.5, 0.6) is 0 Å². The lowest BCUT2D eigenvalue weighted by Crippen LogP contribution is -2.31. The third kappa shape index (κ3) is 4.23. The van der Waals surface area contributed by atoms with Crippen LogP contribution in [0.3, 0.4) is 0 Å². The van der Waals surface area contributed by atoms with Gasteiger partial charge in [0, 0.05) is 10.7 Å². The Kier molecular flexibility index (Phi) is 5.11. The van der Waals surface area contributed by atoms with E-state index >= 15 is 0 Å². The van der Waals surface area contributed by atoms with Gasteiger partial charge in [-0.2, -0.15) is 5.10 Å². The number of hydrazine groups is 1. The predicted octanol–water partition coefficient (Wildman–Crippen LogP) is 3.41. The predicted molar refractivity (Wildman–Crippen MR) is 95.6 cm³/mol. The standard InChI is InChI=1S/C16H13ClFN5OS/c17-10-1-7-13(8-2-10)23-14(20-22-16(23)25)9-15(24)21-19-12-5-3-11(18)4-6-12/h1-8,19H,9H2,(H,21,24)(H,22,25). The van der Waals surface area contributed by atoms with Crippen molar-refractivity contribution in [2.24, 2.45) is 0 Å². The fourth-order valence-electron chi connectivity index (χ4n) is 2.17. The van der Waals surface area contributed by atoms with Crippen molar-refractivity contribution in [3.8, 4) is 5.69 Å². The Labute approximate surface area is 152 Å². The molecule has 9 heteroatoms. The zero-order chi connectivity index (χ0) is 17.8. The Morgan fingerprint density at radius 3 is 2.56 bits per heavy atom. The van der Waals surface area contributed by atoms with Crippen molar-refractivity contribution in [2.75, 3.05) is 5.43 Å². The molecule has 0 saturated carbocycles. The number of nitrogens with one attached hydrogen (secondary N) is 3. The average molecular weight is 378 g/mol. The molecule has 0 aliphatic heterocycles. The van der Waals surface area contributed by atoms with E-state index in [4.69, 9.17) is 23.8 Å². The van der Waals surface area contributed by atoms with E-state index in [9.17, 15) is 9.18 Å². The molecule has 0 atom stereocenters. The topological polar surface area (TPSA) is 74.7 Å². The van der Waals surface area contributed by atoms with E-state index in [1.54, 1.807) is 28.8 Å². The Morgan fingerprint density at radius 1 is 1.20 bits per heavy atom. The molecular weight excluding hydrogens is 365 g/mol. The summed E-state index contributed by atoms with van der Waals surface area (Å²) < 4.78 is 14.9. The van der Waals surface area contributed by atoms with Crippen LogP contribution in [0, 0.1) is 10.6 Å². The van der Waals surface area contributed by atoms with Crippen molar-refractivity contribution in [3.63, 3.8) is 0 Å². The first-order valence-electron chi connectivity index (χ1n) is 7.25. The van der Waals surface area contributed by atoms with Crippen molar-refractivity contribution >= 4 is 35.4 Å². The fourth-order valence-corrected chi connectivity index (χ4v) is 2.55. The highest BCUT2D eigenvalue weighted by Crippen LogP contribution is 2.15. The Morgan fingerprint density at radius 2 is 1.88 bits per heavy atom. The van der Waals surface area contributed by atoms with E-state index in [-0.39, 0.29) is 18.1 Å². The molecule has 6 nitrogen and oxygen atoms in total. The number of aromatic amines is 1. The first-order valence-corrected chi connectivity index (χ1v) is 8.04. The molecule has 25 heavy (non-hydrogen) atoms. The summed E-state index contributed by atoms with van der Waals surface area (Å²) in [5, 5.41) is 7.37. The van der Waals surface area contributed by atoms with E-state index < -0.39 is 0 Å². The number of nitrogens with zero attached hydrogens (tertiary/aromatic N) is 2. The van der Waals surface area contributed by atoms with Crippen LogP contribution in [-0.4, -0.2) is 20.7 Å². The van der Waals surface area contributed by atoms with Crippen LogP contribution in [0.2, 0.25) is 5.02 Å². The summed E-state index contributed by atoms with van der Waals surface area (Å²) in [5.41, 5.74) is 6.55. The Hall–Kier alpha value is -2.71. The normalized spacial score (nSPS) is 10.5. The summed E-state index contributed by atoms with van der Waals surface area (Å²) in [7, 11) is 0. The highest BCUT2D eigenvalue weighted by molar-refractivity contribution is 7.71. The molecule has 0 aliphatic rings. The molecule has 1 amide bonds. The molecule has 0 bridgehead atoms. The van der Waals surface area contributed by atoms with Gasteiger partial charge in [0.15, 0.2) is 4.77 Å². The molecule has 0 unspecified atom stereocenters. The number of halogens is 2. The zero-order valence-corrected chi connectivity index (χ0v) is 14.4. The van der Waals surface area contributed by atoms with Gasteiger partial charge in [-0.05, 0) is 60.7 Å². The quantitative estimate of drug-likeness (QED) is 0.470. The minimum Gasteiger partial charge on any atom is -0.299 e. The van der Waals surface area contributed by atoms with E-state index in [0.29, 0.717) is 21.3 Å². The van der Waals surface area contributed by atoms with Crippen molar-refractivity contribution in [2.45, 2.75) is 6.42 Å². The zero-order valence-electron chi connectivity index (χ0n) is 12.8. The summed E-state index contributed by atoms with van der Waals surface area (Å²) in [6, 6.07) is 12.6. The number of hydrogen-bond acceptors (Lipinski definition) is 4. The first-order chi connectivity index (χ1) is 12.0. The second kappa shape index (κ2) is 7.45. The van der Waals surface area contributed by atoms with Gasteiger partial charge in [0.25, 0.3) is 0 Å². The van der Waals surface area contributed by atoms with Crippen LogP contribution in [0.4, 0.5) is 10.1 Å². The van der Waals surface area contributed by atoms with Crippen LogP contribution < -0.4 is 10.9 Å². The molecule has 3 N–H and O–H groups in total. The summed E-state index contributed by atoms with van der Waals surface area (Å²) >= 11 is 11.1. The number of H-pyrrole nitrogens is 1. The van der Waals surface area contributed by atoms with E-state index in [0.717, 1.165) is 5.69 Å². The molecule has 1 aromatic heterocycles. The molecule has 128 valence electrons. The minimum absolute atomic E-state index is 0.00996. The average Bonchev–Trinajstić information content (AvgIpc) is 2.95. The van der Waals surface area contributed by atoms with Crippen molar-refractivity contribution in [1.29, 1.82) is 0 Å². The van der Waals surface area contributed by atoms with Gasteiger partial charge in [-0.15, -0.1) is 0 Å². The smallest absolute Gasteiger partial charge is 0.245 e. The third-order valence-electron chi connectivity index (χ3n) is 3.34. The highest BCUT2D eigenvalue weighted by Gasteiger charge is 2.12. The van der Waals surface area contributed by atoms with Gasteiger partial charge in [-0.25, -0.2) is 4.39 Å². The van der Waals surface area contributed by atoms with Gasteiger partial charge in [-0.1, -0.05) is 11.6 Å². The SMILES string of the molecule is O=C(Cc1n[nH]c(=S)n1-c1ccc(Cl)cc1)NNc1ccc(F)cc1. The molecule has 2 aromatic carbocycles. The molecule has 1 heterocycles. The lowest BCUT2D eigenvalue weighted by atomic mass is 10.3. The maximum atomic E-state index is 12.9. The highest BCUT2D eigenvalue weighted by atomic mass is 35.5. The van der Waals surface area contributed by atoms with Crippen LogP contribution in [0.1, 0.15) is 5.82 Å². The van der Waals surface area contributed by atoms with Crippen molar-refractivity contribution in [3.05, 3.63) is 70.0 Å². The minimum atomic E-state index is -0.351. The monoisotopic (exact) mass is 377 g/mol. The molecule has 0 fully saturated rings. The van der Waals surface area contributed by atoms with Gasteiger partial charge >= 0.3 is 0 Å². The summed E-state index contributed by atoms with van der Waals surface area (Å²) in [5.74, 6) is -0.227. The molecule has 0 saturated heterocycles. The molecule has 0 aliphatic carbocycles. The van der Waals surface area contributed by atoms with Gasteiger partial charge < -0.3 is 0 Å². The number of amides is 1. The van der Waals surface area contributed by atoms with Crippen LogP contribution in [-0.2, 0) is 11.2 Å². The fraction of sp³-hybridized carbons (Fsp3) is 0.0625. The van der Waals surface area contributed by atoms with Gasteiger partial charge in [0.05, 0.1) is 12.1 Å². The van der Waals surface area contributed by atoms with Crippen LogP contribution in [0.25, 0.3) is 5.69 Å². The maximum Gasteiger partial charge on any atom is 0.245 e. The van der Waals surface area contributed by atoms with E-state index in [1.165, 1.54) is 24.3 Å². The molecule has 0 radical (unpaired) electrons. The molecular formula is C16H13ClFN5OS. The van der Waals surface area contributed by atoms with E-state index in [1.807, 2.05) is 0 Å². The molecule has 0 spiro atoms. The van der Waals surface area contributed by atoms with Crippen LogP contribution >= 0.6 is 23.8 Å². The summed E-state index contributed by atoms with van der Waals surface area (Å²) in [6.07, 6.45) is -0.00996.